The van der Waals surface area contributed by atoms with E-state index >= 15 is 0 Å². The third-order valence-corrected chi connectivity index (χ3v) is 3.09. The second kappa shape index (κ2) is 5.56. The number of aryl methyl sites for hydroxylation is 1. The predicted molar refractivity (Wildman–Crippen MR) is 73.5 cm³/mol. The number of rotatable bonds is 2. The molecule has 0 atom stereocenters. The lowest BCUT2D eigenvalue weighted by atomic mass is 9.97. The number of nitrogens with one attached hydrogen (secondary N) is 1. The van der Waals surface area contributed by atoms with Crippen molar-refractivity contribution in [1.29, 1.82) is 5.26 Å². The van der Waals surface area contributed by atoms with Gasteiger partial charge in [0.2, 0.25) is 0 Å². The fourth-order valence-electron chi connectivity index (χ4n) is 2.20. The number of H-pyrrole nitrogens is 1. The molecule has 0 spiro atoms. The molecule has 1 N–H and O–H groups in total. The Bertz CT molecular complexity index is 817. The number of hydrogen-bond acceptors (Lipinski definition) is 3. The Hall–Kier alpha value is -2.75. The van der Waals surface area contributed by atoms with Crippen molar-refractivity contribution in [2.45, 2.75) is 13.1 Å². The molecule has 0 fully saturated rings. The van der Waals surface area contributed by atoms with E-state index in [1.807, 2.05) is 0 Å². The molecule has 0 aliphatic carbocycles. The van der Waals surface area contributed by atoms with Crippen molar-refractivity contribution in [3.8, 4) is 22.9 Å². The minimum Gasteiger partial charge on any atom is -0.495 e. The number of pyridine rings is 1. The number of hydrogen-bond donors (Lipinski definition) is 1. The van der Waals surface area contributed by atoms with E-state index in [0.717, 1.165) is 13.2 Å². The lowest BCUT2D eigenvalue weighted by Gasteiger charge is -2.16. The smallest absolute Gasteiger partial charge is 0.419 e. The van der Waals surface area contributed by atoms with Gasteiger partial charge in [-0.2, -0.15) is 18.4 Å². The number of methoxy groups -OCH3 is 1. The van der Waals surface area contributed by atoms with Gasteiger partial charge in [-0.3, -0.25) is 4.79 Å². The molecule has 0 saturated carbocycles. The van der Waals surface area contributed by atoms with Crippen LogP contribution in [0.5, 0.6) is 5.75 Å². The molecular formula is C15H11F3N2O2. The largest absolute Gasteiger partial charge is 0.495 e. The van der Waals surface area contributed by atoms with Crippen molar-refractivity contribution in [3.05, 3.63) is 51.4 Å². The van der Waals surface area contributed by atoms with Crippen molar-refractivity contribution >= 4 is 0 Å². The van der Waals surface area contributed by atoms with Gasteiger partial charge in [0.1, 0.15) is 17.4 Å². The number of para-hydroxylation sites is 1. The van der Waals surface area contributed by atoms with Crippen molar-refractivity contribution in [3.63, 3.8) is 0 Å². The molecular weight excluding hydrogens is 297 g/mol. The van der Waals surface area contributed by atoms with Crippen LogP contribution >= 0.6 is 0 Å². The van der Waals surface area contributed by atoms with Crippen molar-refractivity contribution < 1.29 is 17.9 Å². The van der Waals surface area contributed by atoms with Crippen molar-refractivity contribution in [2.75, 3.05) is 7.11 Å². The highest BCUT2D eigenvalue weighted by Crippen LogP contribution is 2.42. The first-order valence-electron chi connectivity index (χ1n) is 6.18. The van der Waals surface area contributed by atoms with Crippen molar-refractivity contribution in [2.24, 2.45) is 0 Å². The van der Waals surface area contributed by atoms with Gasteiger partial charge >= 0.3 is 6.18 Å². The maximum absolute atomic E-state index is 13.1. The van der Waals surface area contributed by atoms with Crippen LogP contribution in [-0.4, -0.2) is 12.1 Å². The molecule has 1 aromatic heterocycles. The van der Waals surface area contributed by atoms with Gasteiger partial charge in [0.15, 0.2) is 0 Å². The highest BCUT2D eigenvalue weighted by molar-refractivity contribution is 5.77. The molecule has 0 unspecified atom stereocenters. The number of ether oxygens (including phenoxy) is 1. The third-order valence-electron chi connectivity index (χ3n) is 3.09. The van der Waals surface area contributed by atoms with Gasteiger partial charge in [-0.15, -0.1) is 0 Å². The van der Waals surface area contributed by atoms with Crippen LogP contribution in [0.3, 0.4) is 0 Å². The summed E-state index contributed by atoms with van der Waals surface area (Å²) >= 11 is 0. The van der Waals surface area contributed by atoms with E-state index < -0.39 is 23.0 Å². The summed E-state index contributed by atoms with van der Waals surface area (Å²) in [5.74, 6) is -0.420. The average Bonchev–Trinajstić information content (AvgIpc) is 2.44. The Morgan fingerprint density at radius 1 is 1.27 bits per heavy atom. The molecule has 2 aromatic rings. The summed E-state index contributed by atoms with van der Waals surface area (Å²) in [5.41, 5.74) is -1.30. The first-order chi connectivity index (χ1) is 10.3. The maximum atomic E-state index is 13.1. The van der Waals surface area contributed by atoms with Crippen LogP contribution in [0, 0.1) is 18.3 Å². The molecule has 0 aliphatic rings. The van der Waals surface area contributed by atoms with E-state index in [1.54, 1.807) is 13.0 Å². The number of nitriles is 1. The molecule has 0 aliphatic heterocycles. The minimum absolute atomic E-state index is 0.0445. The Morgan fingerprint density at radius 3 is 2.50 bits per heavy atom. The van der Waals surface area contributed by atoms with Crippen LogP contribution in [0.1, 0.15) is 16.8 Å². The van der Waals surface area contributed by atoms with Crippen LogP contribution in [0.25, 0.3) is 11.1 Å². The van der Waals surface area contributed by atoms with E-state index in [2.05, 4.69) is 4.98 Å². The molecule has 1 aromatic carbocycles. The second-order valence-corrected chi connectivity index (χ2v) is 4.57. The van der Waals surface area contributed by atoms with Gasteiger partial charge < -0.3 is 9.72 Å². The molecule has 2 rings (SSSR count). The lowest BCUT2D eigenvalue weighted by molar-refractivity contribution is -0.138. The summed E-state index contributed by atoms with van der Waals surface area (Å²) < 4.78 is 44.1. The minimum atomic E-state index is -4.61. The maximum Gasteiger partial charge on any atom is 0.419 e. The quantitative estimate of drug-likeness (QED) is 0.926. The molecule has 4 nitrogen and oxygen atoms in total. The normalized spacial score (nSPS) is 11.1. The van der Waals surface area contributed by atoms with Gasteiger partial charge in [0.25, 0.3) is 5.56 Å². The van der Waals surface area contributed by atoms with Crippen LogP contribution < -0.4 is 10.3 Å². The second-order valence-electron chi connectivity index (χ2n) is 4.57. The first kappa shape index (κ1) is 15.6. The fourth-order valence-corrected chi connectivity index (χ4v) is 2.20. The molecule has 0 amide bonds. The molecule has 0 bridgehead atoms. The zero-order valence-electron chi connectivity index (χ0n) is 11.7. The first-order valence-corrected chi connectivity index (χ1v) is 6.18. The summed E-state index contributed by atoms with van der Waals surface area (Å²) in [6, 6.07) is 6.63. The average molecular weight is 308 g/mol. The Balaban J connectivity index is 2.86. The summed E-state index contributed by atoms with van der Waals surface area (Å²) in [6.07, 6.45) is -4.61. The summed E-state index contributed by atoms with van der Waals surface area (Å²) in [6.45, 7) is 1.58. The highest BCUT2D eigenvalue weighted by Gasteiger charge is 2.35. The van der Waals surface area contributed by atoms with E-state index in [4.69, 9.17) is 10.00 Å². The van der Waals surface area contributed by atoms with E-state index in [9.17, 15) is 18.0 Å². The van der Waals surface area contributed by atoms with Gasteiger partial charge in [0, 0.05) is 16.8 Å². The highest BCUT2D eigenvalue weighted by atomic mass is 19.4. The van der Waals surface area contributed by atoms with Gasteiger partial charge in [-0.1, -0.05) is 12.1 Å². The van der Waals surface area contributed by atoms with Crippen LogP contribution in [0.2, 0.25) is 0 Å². The monoisotopic (exact) mass is 308 g/mol. The fraction of sp³-hybridized carbons (Fsp3) is 0.200. The lowest BCUT2D eigenvalue weighted by Crippen LogP contribution is -2.14. The zero-order chi connectivity index (χ0) is 16.5. The number of benzene rings is 1. The Morgan fingerprint density at radius 2 is 1.95 bits per heavy atom. The number of halogens is 3. The number of alkyl halides is 3. The van der Waals surface area contributed by atoms with E-state index in [0.29, 0.717) is 5.69 Å². The topological polar surface area (TPSA) is 65.9 Å². The molecule has 114 valence electrons. The van der Waals surface area contributed by atoms with Crippen LogP contribution in [0.4, 0.5) is 13.2 Å². The number of aromatic nitrogens is 1. The zero-order valence-corrected chi connectivity index (χ0v) is 11.7. The summed E-state index contributed by atoms with van der Waals surface area (Å²) in [7, 11) is 1.11. The van der Waals surface area contributed by atoms with Crippen LogP contribution in [-0.2, 0) is 6.18 Å². The SMILES string of the molecule is COc1c(-c2cc(C)[nH]c(=O)c2C#N)cccc1C(F)(F)F. The predicted octanol–water partition coefficient (Wildman–Crippen LogP) is 3.25. The molecule has 7 heteroatoms. The number of aromatic amines is 1. The molecule has 0 saturated heterocycles. The van der Waals surface area contributed by atoms with E-state index in [-0.39, 0.29) is 16.7 Å². The standard InChI is InChI=1S/C15H11F3N2O2/c1-8-6-10(11(7-19)14(21)20-8)9-4-3-5-12(13(9)22-2)15(16,17)18/h3-6H,1-2H3,(H,20,21). The molecule has 1 heterocycles. The van der Waals surface area contributed by atoms with Crippen LogP contribution in [0.15, 0.2) is 29.1 Å². The van der Waals surface area contributed by atoms with E-state index in [1.165, 1.54) is 18.2 Å². The van der Waals surface area contributed by atoms with Crippen molar-refractivity contribution in [1.82, 2.24) is 4.98 Å². The third kappa shape index (κ3) is 2.68. The summed E-state index contributed by atoms with van der Waals surface area (Å²) in [5, 5.41) is 9.11. The Labute approximate surface area is 123 Å². The Kier molecular flexibility index (Phi) is 3.95. The van der Waals surface area contributed by atoms with Gasteiger partial charge in [-0.05, 0) is 19.1 Å². The summed E-state index contributed by atoms with van der Waals surface area (Å²) in [4.78, 5) is 14.2. The molecule has 0 radical (unpaired) electrons. The van der Waals surface area contributed by atoms with Gasteiger partial charge in [0.05, 0.1) is 12.7 Å². The van der Waals surface area contributed by atoms with Gasteiger partial charge in [-0.25, -0.2) is 0 Å². The number of nitrogens with zero attached hydrogens (tertiary/aromatic N) is 1. The molecule has 22 heavy (non-hydrogen) atoms.